The second kappa shape index (κ2) is 8.13. The number of rotatable bonds is 7. The van der Waals surface area contributed by atoms with Crippen molar-refractivity contribution < 1.29 is 13.2 Å². The molecule has 27 heavy (non-hydrogen) atoms. The molecule has 0 aromatic heterocycles. The van der Waals surface area contributed by atoms with Gasteiger partial charge in [-0.15, -0.1) is 0 Å². The number of hydrogen-bond donors (Lipinski definition) is 1. The van der Waals surface area contributed by atoms with Gasteiger partial charge in [0.2, 0.25) is 15.9 Å². The van der Waals surface area contributed by atoms with Crippen LogP contribution >= 0.6 is 0 Å². The van der Waals surface area contributed by atoms with Gasteiger partial charge in [-0.3, -0.25) is 9.10 Å². The van der Waals surface area contributed by atoms with Crippen molar-refractivity contribution in [3.8, 4) is 0 Å². The first kappa shape index (κ1) is 21.0. The van der Waals surface area contributed by atoms with Crippen LogP contribution in [0, 0.1) is 6.92 Å². The average Bonchev–Trinajstić information content (AvgIpc) is 2.55. The van der Waals surface area contributed by atoms with Crippen LogP contribution in [-0.4, -0.2) is 32.2 Å². The number of anilines is 1. The molecule has 0 bridgehead atoms. The number of carbonyl (C=O) groups excluding carboxylic acids is 1. The van der Waals surface area contributed by atoms with E-state index in [9.17, 15) is 13.2 Å². The third-order valence-corrected chi connectivity index (χ3v) is 5.57. The summed E-state index contributed by atoms with van der Waals surface area (Å²) in [5, 5.41) is 2.99. The summed E-state index contributed by atoms with van der Waals surface area (Å²) < 4.78 is 25.9. The zero-order chi connectivity index (χ0) is 20.2. The van der Waals surface area contributed by atoms with E-state index >= 15 is 0 Å². The van der Waals surface area contributed by atoms with Crippen LogP contribution in [-0.2, 0) is 21.2 Å². The van der Waals surface area contributed by atoms with Crippen LogP contribution in [0.5, 0.6) is 0 Å². The lowest BCUT2D eigenvalue weighted by atomic mass is 9.94. The van der Waals surface area contributed by atoms with Crippen molar-refractivity contribution >= 4 is 21.6 Å². The molecular formula is C21H28N2O3S. The molecule has 146 valence electrons. The Hall–Kier alpha value is -2.34. The van der Waals surface area contributed by atoms with E-state index in [0.29, 0.717) is 12.1 Å². The van der Waals surface area contributed by atoms with Gasteiger partial charge in [0.1, 0.15) is 6.04 Å². The summed E-state index contributed by atoms with van der Waals surface area (Å²) in [7, 11) is -3.62. The standard InChI is InChI=1S/C21H28N2O3S/c1-16-11-13-19(14-12-16)23(27(5,25)26)17(2)20(24)22-21(3,4)15-18-9-7-6-8-10-18/h6-14,17H,15H2,1-5H3,(H,22,24)/t17-/m0/s1. The van der Waals surface area contributed by atoms with Crippen molar-refractivity contribution in [3.63, 3.8) is 0 Å². The van der Waals surface area contributed by atoms with E-state index in [2.05, 4.69) is 5.32 Å². The lowest BCUT2D eigenvalue weighted by Crippen LogP contribution is -2.54. The van der Waals surface area contributed by atoms with Gasteiger partial charge in [-0.1, -0.05) is 48.0 Å². The van der Waals surface area contributed by atoms with Crippen LogP contribution < -0.4 is 9.62 Å². The molecule has 5 nitrogen and oxygen atoms in total. The second-order valence-electron chi connectivity index (χ2n) is 7.61. The summed E-state index contributed by atoms with van der Waals surface area (Å²) in [5.41, 5.74) is 2.09. The second-order valence-corrected chi connectivity index (χ2v) is 9.47. The molecule has 0 radical (unpaired) electrons. The van der Waals surface area contributed by atoms with E-state index in [1.165, 1.54) is 4.31 Å². The third kappa shape index (κ3) is 5.82. The van der Waals surface area contributed by atoms with Crippen LogP contribution in [0.3, 0.4) is 0 Å². The highest BCUT2D eigenvalue weighted by Crippen LogP contribution is 2.22. The fourth-order valence-electron chi connectivity index (χ4n) is 3.09. The number of aryl methyl sites for hydroxylation is 1. The Morgan fingerprint density at radius 3 is 2.15 bits per heavy atom. The molecule has 0 heterocycles. The van der Waals surface area contributed by atoms with Crippen LogP contribution in [0.2, 0.25) is 0 Å². The van der Waals surface area contributed by atoms with Gasteiger partial charge in [-0.25, -0.2) is 8.42 Å². The predicted molar refractivity (Wildman–Crippen MR) is 110 cm³/mol. The van der Waals surface area contributed by atoms with Crippen LogP contribution in [0.25, 0.3) is 0 Å². The van der Waals surface area contributed by atoms with Crippen molar-refractivity contribution in [1.82, 2.24) is 5.32 Å². The van der Waals surface area contributed by atoms with Gasteiger partial charge in [0, 0.05) is 5.54 Å². The van der Waals surface area contributed by atoms with Crippen molar-refractivity contribution in [3.05, 3.63) is 65.7 Å². The highest BCUT2D eigenvalue weighted by Gasteiger charge is 2.32. The van der Waals surface area contributed by atoms with Crippen LogP contribution in [0.4, 0.5) is 5.69 Å². The van der Waals surface area contributed by atoms with Gasteiger partial charge in [0.15, 0.2) is 0 Å². The van der Waals surface area contributed by atoms with E-state index in [-0.39, 0.29) is 5.91 Å². The molecule has 0 aliphatic carbocycles. The van der Waals surface area contributed by atoms with E-state index < -0.39 is 21.6 Å². The van der Waals surface area contributed by atoms with Crippen molar-refractivity contribution in [2.45, 2.75) is 45.7 Å². The molecule has 0 saturated carbocycles. The number of nitrogens with zero attached hydrogens (tertiary/aromatic N) is 1. The summed E-state index contributed by atoms with van der Waals surface area (Å²) in [6.07, 6.45) is 1.77. The van der Waals surface area contributed by atoms with E-state index in [0.717, 1.165) is 17.4 Å². The lowest BCUT2D eigenvalue weighted by molar-refractivity contribution is -0.123. The fraction of sp³-hybridized carbons (Fsp3) is 0.381. The largest absolute Gasteiger partial charge is 0.349 e. The Bertz CT molecular complexity index is 875. The summed E-state index contributed by atoms with van der Waals surface area (Å²) in [6.45, 7) is 7.40. The molecule has 0 aliphatic heterocycles. The molecule has 1 amide bonds. The Morgan fingerprint density at radius 2 is 1.63 bits per heavy atom. The maximum atomic E-state index is 12.9. The third-order valence-electron chi connectivity index (χ3n) is 4.33. The number of benzene rings is 2. The number of carbonyl (C=O) groups is 1. The van der Waals surface area contributed by atoms with Gasteiger partial charge in [-0.2, -0.15) is 0 Å². The molecule has 1 N–H and O–H groups in total. The highest BCUT2D eigenvalue weighted by molar-refractivity contribution is 7.92. The first-order chi connectivity index (χ1) is 12.5. The zero-order valence-electron chi connectivity index (χ0n) is 16.6. The molecule has 0 spiro atoms. The van der Waals surface area contributed by atoms with E-state index in [1.54, 1.807) is 19.1 Å². The van der Waals surface area contributed by atoms with Gasteiger partial charge in [0.25, 0.3) is 0 Å². The zero-order valence-corrected chi connectivity index (χ0v) is 17.4. The van der Waals surface area contributed by atoms with E-state index in [4.69, 9.17) is 0 Å². The smallest absolute Gasteiger partial charge is 0.244 e. The minimum atomic E-state index is -3.62. The molecule has 2 rings (SSSR count). The number of sulfonamides is 1. The molecule has 0 fully saturated rings. The summed E-state index contributed by atoms with van der Waals surface area (Å²) in [6, 6.07) is 16.1. The van der Waals surface area contributed by atoms with Gasteiger partial charge >= 0.3 is 0 Å². The summed E-state index contributed by atoms with van der Waals surface area (Å²) in [4.78, 5) is 12.9. The Balaban J connectivity index is 2.20. The van der Waals surface area contributed by atoms with Gasteiger partial charge in [0.05, 0.1) is 11.9 Å². The van der Waals surface area contributed by atoms with Gasteiger partial charge < -0.3 is 5.32 Å². The lowest BCUT2D eigenvalue weighted by Gasteiger charge is -2.33. The van der Waals surface area contributed by atoms with Crippen LogP contribution in [0.15, 0.2) is 54.6 Å². The van der Waals surface area contributed by atoms with Crippen LogP contribution in [0.1, 0.15) is 31.9 Å². The maximum Gasteiger partial charge on any atom is 0.244 e. The first-order valence-corrected chi connectivity index (χ1v) is 10.8. The number of nitrogens with one attached hydrogen (secondary N) is 1. The molecule has 2 aromatic rings. The molecule has 1 atom stereocenters. The number of amides is 1. The number of hydrogen-bond acceptors (Lipinski definition) is 3. The highest BCUT2D eigenvalue weighted by atomic mass is 32.2. The Kier molecular flexibility index (Phi) is 6.31. The molecule has 6 heteroatoms. The van der Waals surface area contributed by atoms with Crippen molar-refractivity contribution in [2.75, 3.05) is 10.6 Å². The minimum absolute atomic E-state index is 0.332. The van der Waals surface area contributed by atoms with E-state index in [1.807, 2.05) is 63.2 Å². The summed E-state index contributed by atoms with van der Waals surface area (Å²) in [5.74, 6) is -0.332. The normalized spacial score (nSPS) is 13.1. The first-order valence-electron chi connectivity index (χ1n) is 8.92. The monoisotopic (exact) mass is 388 g/mol. The molecular weight excluding hydrogens is 360 g/mol. The van der Waals surface area contributed by atoms with Crippen molar-refractivity contribution in [1.29, 1.82) is 0 Å². The molecule has 0 aliphatic rings. The van der Waals surface area contributed by atoms with Gasteiger partial charge in [-0.05, 0) is 51.8 Å². The molecule has 2 aromatic carbocycles. The Labute approximate surface area is 162 Å². The van der Waals surface area contributed by atoms with Crippen molar-refractivity contribution in [2.24, 2.45) is 0 Å². The quantitative estimate of drug-likeness (QED) is 0.791. The molecule has 0 saturated heterocycles. The fourth-order valence-corrected chi connectivity index (χ4v) is 4.26. The predicted octanol–water partition coefficient (Wildman–Crippen LogP) is 3.29. The SMILES string of the molecule is Cc1ccc(N([C@@H](C)C(=O)NC(C)(C)Cc2ccccc2)S(C)(=O)=O)cc1. The topological polar surface area (TPSA) is 66.5 Å². The molecule has 0 unspecified atom stereocenters. The minimum Gasteiger partial charge on any atom is -0.349 e. The Morgan fingerprint density at radius 1 is 1.07 bits per heavy atom. The summed E-state index contributed by atoms with van der Waals surface area (Å²) >= 11 is 0. The average molecular weight is 389 g/mol. The maximum absolute atomic E-state index is 12.9.